The van der Waals surface area contributed by atoms with E-state index < -0.39 is 0 Å². The molecule has 4 aromatic rings. The van der Waals surface area contributed by atoms with Crippen molar-refractivity contribution in [3.63, 3.8) is 0 Å². The molecule has 0 N–H and O–H groups in total. The van der Waals surface area contributed by atoms with Gasteiger partial charge >= 0.3 is 0 Å². The summed E-state index contributed by atoms with van der Waals surface area (Å²) in [6.07, 6.45) is 4.54. The summed E-state index contributed by atoms with van der Waals surface area (Å²) in [4.78, 5) is 12.2. The van der Waals surface area contributed by atoms with E-state index in [9.17, 15) is 0 Å². The number of thioether (sulfide) groups is 1. The third kappa shape index (κ3) is 6.42. The van der Waals surface area contributed by atoms with Crippen LogP contribution in [0.5, 0.6) is 0 Å². The molecule has 4 heteroatoms. The van der Waals surface area contributed by atoms with Crippen LogP contribution in [0.4, 0.5) is 11.4 Å². The smallest absolute Gasteiger partial charge is 0.0970 e. The number of hydrogen-bond donors (Lipinski definition) is 0. The molecule has 0 saturated carbocycles. The van der Waals surface area contributed by atoms with Crippen molar-refractivity contribution in [2.24, 2.45) is 10.4 Å². The molecule has 0 amide bonds. The number of aliphatic imine (C=N–C) groups is 1. The van der Waals surface area contributed by atoms with Gasteiger partial charge in [0.2, 0.25) is 0 Å². The Kier molecular flexibility index (Phi) is 9.39. The molecule has 0 saturated heterocycles. The molecule has 0 spiro atoms. The molecule has 0 bridgehead atoms. The largest absolute Gasteiger partial charge is 0.360 e. The van der Waals surface area contributed by atoms with Gasteiger partial charge in [-0.15, -0.1) is 23.1 Å². The van der Waals surface area contributed by atoms with Crippen molar-refractivity contribution in [1.82, 2.24) is 0 Å². The number of nitrogens with zero attached hydrogens (tertiary/aromatic N) is 2. The van der Waals surface area contributed by atoms with Crippen LogP contribution in [0.25, 0.3) is 15.3 Å². The highest BCUT2D eigenvalue weighted by Gasteiger charge is 2.34. The van der Waals surface area contributed by atoms with Crippen LogP contribution in [0, 0.1) is 5.41 Å². The lowest BCUT2D eigenvalue weighted by molar-refractivity contribution is 0.408. The summed E-state index contributed by atoms with van der Waals surface area (Å²) in [5, 5.41) is 0. The topological polar surface area (TPSA) is 15.6 Å². The van der Waals surface area contributed by atoms with Crippen molar-refractivity contribution in [1.29, 1.82) is 0 Å². The molecule has 0 radical (unpaired) electrons. The maximum Gasteiger partial charge on any atom is 0.0970 e. The van der Waals surface area contributed by atoms with Crippen LogP contribution in [0.3, 0.4) is 0 Å². The van der Waals surface area contributed by atoms with Gasteiger partial charge in [-0.25, -0.2) is 4.99 Å². The van der Waals surface area contributed by atoms with E-state index in [1.165, 1.54) is 37.0 Å². The van der Waals surface area contributed by atoms with Crippen molar-refractivity contribution in [3.05, 3.63) is 113 Å². The summed E-state index contributed by atoms with van der Waals surface area (Å²) in [6, 6.07) is 30.9. The average Bonchev–Trinajstić information content (AvgIpc) is 3.53. The van der Waals surface area contributed by atoms with Crippen LogP contribution in [0.2, 0.25) is 0 Å². The van der Waals surface area contributed by atoms with E-state index in [1.807, 2.05) is 23.1 Å². The minimum absolute atomic E-state index is 0.00245. The van der Waals surface area contributed by atoms with Gasteiger partial charge in [-0.1, -0.05) is 127 Å². The molecular weight excluding hydrogens is 561 g/mol. The molecular formula is C39H46N2S2. The number of anilines is 1. The van der Waals surface area contributed by atoms with Gasteiger partial charge < -0.3 is 4.90 Å². The lowest BCUT2D eigenvalue weighted by Crippen LogP contribution is -2.34. The zero-order valence-corrected chi connectivity index (χ0v) is 28.7. The quantitative estimate of drug-likeness (QED) is 0.178. The molecule has 224 valence electrons. The second-order valence-electron chi connectivity index (χ2n) is 13.0. The summed E-state index contributed by atoms with van der Waals surface area (Å²) in [7, 11) is 2.26. The second kappa shape index (κ2) is 12.9. The number of hydrogen-bond acceptors (Lipinski definition) is 4. The molecule has 0 fully saturated rings. The molecule has 0 aliphatic carbocycles. The van der Waals surface area contributed by atoms with E-state index in [2.05, 4.69) is 151 Å². The van der Waals surface area contributed by atoms with E-state index in [0.29, 0.717) is 0 Å². The molecule has 43 heavy (non-hydrogen) atoms. The van der Waals surface area contributed by atoms with E-state index in [4.69, 9.17) is 4.99 Å². The number of benzene rings is 3. The van der Waals surface area contributed by atoms with Gasteiger partial charge in [0, 0.05) is 38.6 Å². The normalized spacial score (nSPS) is 15.8. The van der Waals surface area contributed by atoms with Crippen LogP contribution in [-0.2, 0) is 5.41 Å². The minimum atomic E-state index is -0.00245. The van der Waals surface area contributed by atoms with Crippen molar-refractivity contribution >= 4 is 45.1 Å². The standard InChI is InChI=1S/C39H46N2S2/c1-9-31(42-26-38(4,5)10-2)29-22-23-30(32-24-25-33(43-32)39(6,7)11-3)37-35(29)40-34(27-18-14-12-15-19-27)36(41(37)8)28-20-16-13-17-21-28/h9,12-25,36H,10-11,26H2,1-8H3. The molecule has 2 nitrogen and oxygen atoms in total. The maximum absolute atomic E-state index is 5.64. The van der Waals surface area contributed by atoms with E-state index in [-0.39, 0.29) is 16.9 Å². The summed E-state index contributed by atoms with van der Waals surface area (Å²) in [5.74, 6) is 1.07. The zero-order valence-electron chi connectivity index (χ0n) is 27.1. The predicted octanol–water partition coefficient (Wildman–Crippen LogP) is 11.9. The van der Waals surface area contributed by atoms with Gasteiger partial charge in [0.1, 0.15) is 0 Å². The van der Waals surface area contributed by atoms with E-state index in [0.717, 1.165) is 35.6 Å². The zero-order chi connectivity index (χ0) is 30.8. The number of likely N-dealkylation sites (N-methyl/N-ethyl adjacent to an activating group) is 1. The number of thiophene rings is 1. The Morgan fingerprint density at radius 3 is 2.19 bits per heavy atom. The predicted molar refractivity (Wildman–Crippen MR) is 193 cm³/mol. The molecule has 1 unspecified atom stereocenters. The monoisotopic (exact) mass is 606 g/mol. The lowest BCUT2D eigenvalue weighted by atomic mass is 9.88. The Labute approximate surface area is 268 Å². The third-order valence-electron chi connectivity index (χ3n) is 9.09. The van der Waals surface area contributed by atoms with Crippen LogP contribution in [0.15, 0.2) is 96.0 Å². The Hall–Kier alpha value is -3.08. The Balaban J connectivity index is 1.76. The van der Waals surface area contributed by atoms with Crippen LogP contribution < -0.4 is 4.90 Å². The fourth-order valence-electron chi connectivity index (χ4n) is 5.50. The first-order valence-corrected chi connectivity index (χ1v) is 17.4. The highest BCUT2D eigenvalue weighted by molar-refractivity contribution is 8.08. The first-order chi connectivity index (χ1) is 20.6. The Morgan fingerprint density at radius 1 is 0.884 bits per heavy atom. The molecule has 1 atom stereocenters. The fraction of sp³-hybridized carbons (Fsp3) is 0.359. The van der Waals surface area contributed by atoms with Crippen molar-refractivity contribution in [2.75, 3.05) is 17.7 Å². The van der Waals surface area contributed by atoms with E-state index >= 15 is 0 Å². The summed E-state index contributed by atoms with van der Waals surface area (Å²) in [6.45, 7) is 16.2. The number of fused-ring (bicyclic) bond motifs is 1. The molecule has 3 aromatic carbocycles. The van der Waals surface area contributed by atoms with Gasteiger partial charge in [0.25, 0.3) is 0 Å². The second-order valence-corrected chi connectivity index (χ2v) is 15.1. The third-order valence-corrected chi connectivity index (χ3v) is 12.3. The molecule has 1 aliphatic heterocycles. The van der Waals surface area contributed by atoms with Gasteiger partial charge in [-0.3, -0.25) is 0 Å². The molecule has 1 aliphatic rings. The van der Waals surface area contributed by atoms with Gasteiger partial charge in [-0.2, -0.15) is 0 Å². The minimum Gasteiger partial charge on any atom is -0.360 e. The SMILES string of the molecule is CC=C(SCC(C)(C)CC)c1ccc(-c2ccc(C(C)(C)CC)s2)c2c1N=C(c1ccccc1)C(c1ccccc1)N2C. The van der Waals surface area contributed by atoms with E-state index in [1.54, 1.807) is 0 Å². The number of allylic oxidation sites excluding steroid dienone is 1. The van der Waals surface area contributed by atoms with Crippen LogP contribution in [-0.4, -0.2) is 18.5 Å². The fourth-order valence-corrected chi connectivity index (χ4v) is 7.94. The molecule has 5 rings (SSSR count). The molecule has 2 heterocycles. The van der Waals surface area contributed by atoms with Crippen LogP contribution in [0.1, 0.15) is 88.9 Å². The highest BCUT2D eigenvalue weighted by Crippen LogP contribution is 2.52. The Bertz CT molecular complexity index is 1610. The Morgan fingerprint density at radius 2 is 1.56 bits per heavy atom. The van der Waals surface area contributed by atoms with Gasteiger partial charge in [0.15, 0.2) is 0 Å². The lowest BCUT2D eigenvalue weighted by Gasteiger charge is -2.38. The maximum atomic E-state index is 5.64. The summed E-state index contributed by atoms with van der Waals surface area (Å²) in [5.41, 5.74) is 8.69. The first-order valence-electron chi connectivity index (χ1n) is 15.6. The summed E-state index contributed by atoms with van der Waals surface area (Å²) >= 11 is 3.89. The van der Waals surface area contributed by atoms with Crippen LogP contribution >= 0.6 is 23.1 Å². The first kappa shape index (κ1) is 31.3. The van der Waals surface area contributed by atoms with Crippen molar-refractivity contribution in [2.45, 2.75) is 72.8 Å². The highest BCUT2D eigenvalue weighted by atomic mass is 32.2. The van der Waals surface area contributed by atoms with Crippen molar-refractivity contribution in [3.8, 4) is 10.4 Å². The van der Waals surface area contributed by atoms with Crippen molar-refractivity contribution < 1.29 is 0 Å². The molecule has 1 aromatic heterocycles. The van der Waals surface area contributed by atoms with Gasteiger partial charge in [0.05, 0.1) is 23.1 Å². The average molecular weight is 607 g/mol. The van der Waals surface area contributed by atoms with Gasteiger partial charge in [-0.05, 0) is 47.4 Å². The number of rotatable bonds is 10. The summed E-state index contributed by atoms with van der Waals surface area (Å²) < 4.78 is 0.